The van der Waals surface area contributed by atoms with Crippen molar-refractivity contribution in [3.63, 3.8) is 0 Å². The molecule has 0 amide bonds. The summed E-state index contributed by atoms with van der Waals surface area (Å²) in [6, 6.07) is 0. The Morgan fingerprint density at radius 3 is 3.08 bits per heavy atom. The smallest absolute Gasteiger partial charge is 0.127 e. The van der Waals surface area contributed by atoms with Crippen LogP contribution in [0.5, 0.6) is 0 Å². The highest BCUT2D eigenvalue weighted by Gasteiger charge is 2.05. The molecule has 0 aromatic carbocycles. The van der Waals surface area contributed by atoms with E-state index in [0.717, 1.165) is 6.21 Å². The van der Waals surface area contributed by atoms with Crippen LogP contribution in [0.1, 0.15) is 5.56 Å². The molecule has 6 heteroatoms. The fourth-order valence-corrected chi connectivity index (χ4v) is 1.11. The van der Waals surface area contributed by atoms with Crippen molar-refractivity contribution in [2.75, 3.05) is 0 Å². The summed E-state index contributed by atoms with van der Waals surface area (Å²) in [4.78, 5) is 0. The topological polar surface area (TPSA) is 66.9 Å². The first kappa shape index (κ1) is 7.17. The predicted octanol–water partition coefficient (Wildman–Crippen LogP) is 0.775. The summed E-state index contributed by atoms with van der Waals surface area (Å²) in [6.45, 7) is 0. The molecule has 2 heterocycles. The highest BCUT2D eigenvalue weighted by Crippen LogP contribution is 2.17. The average Bonchev–Trinajstić information content (AvgIpc) is 2.53. The van der Waals surface area contributed by atoms with Crippen LogP contribution < -0.4 is 0 Å². The first-order valence-corrected chi connectivity index (χ1v) is 3.56. The van der Waals surface area contributed by atoms with Gasteiger partial charge >= 0.3 is 0 Å². The molecule has 0 aliphatic heterocycles. The Morgan fingerprint density at radius 1 is 1.50 bits per heavy atom. The van der Waals surface area contributed by atoms with Crippen LogP contribution in [0, 0.1) is 5.41 Å². The van der Waals surface area contributed by atoms with Crippen LogP contribution >= 0.6 is 11.6 Å². The SMILES string of the molecule is N=Cc1cnn2nncc2c1Cl. The fraction of sp³-hybridized carbons (Fsp3) is 0. The summed E-state index contributed by atoms with van der Waals surface area (Å²) in [6.07, 6.45) is 4.11. The van der Waals surface area contributed by atoms with Gasteiger partial charge in [-0.25, -0.2) is 0 Å². The molecule has 2 rings (SSSR count). The van der Waals surface area contributed by atoms with Crippen molar-refractivity contribution in [3.05, 3.63) is 23.0 Å². The van der Waals surface area contributed by atoms with Gasteiger partial charge in [0, 0.05) is 11.8 Å². The highest BCUT2D eigenvalue weighted by atomic mass is 35.5. The summed E-state index contributed by atoms with van der Waals surface area (Å²) in [5.41, 5.74) is 1.17. The maximum Gasteiger partial charge on any atom is 0.127 e. The van der Waals surface area contributed by atoms with E-state index in [2.05, 4.69) is 15.4 Å². The summed E-state index contributed by atoms with van der Waals surface area (Å²) in [5.74, 6) is 0. The minimum absolute atomic E-state index is 0.449. The van der Waals surface area contributed by atoms with E-state index in [9.17, 15) is 0 Å². The molecule has 0 saturated carbocycles. The third-order valence-corrected chi connectivity index (χ3v) is 1.88. The number of fused-ring (bicyclic) bond motifs is 1. The number of aromatic nitrogens is 4. The number of hydrogen-bond acceptors (Lipinski definition) is 4. The maximum absolute atomic E-state index is 7.01. The van der Waals surface area contributed by atoms with E-state index in [1.807, 2.05) is 0 Å². The van der Waals surface area contributed by atoms with Crippen molar-refractivity contribution in [3.8, 4) is 0 Å². The molecule has 0 aliphatic rings. The molecular weight excluding hydrogens is 178 g/mol. The van der Waals surface area contributed by atoms with E-state index in [1.54, 1.807) is 0 Å². The van der Waals surface area contributed by atoms with Crippen molar-refractivity contribution in [2.24, 2.45) is 0 Å². The van der Waals surface area contributed by atoms with Gasteiger partial charge in [-0.15, -0.1) is 9.73 Å². The second-order valence-electron chi connectivity index (χ2n) is 2.17. The Morgan fingerprint density at radius 2 is 2.33 bits per heavy atom. The van der Waals surface area contributed by atoms with Gasteiger partial charge in [0.15, 0.2) is 0 Å². The monoisotopic (exact) mass is 181 g/mol. The highest BCUT2D eigenvalue weighted by molar-refractivity contribution is 6.36. The molecular formula is C6H4ClN5. The van der Waals surface area contributed by atoms with Gasteiger partial charge < -0.3 is 5.41 Å². The van der Waals surface area contributed by atoms with Crippen LogP contribution in [0.2, 0.25) is 5.02 Å². The lowest BCUT2D eigenvalue weighted by molar-refractivity contribution is 0.742. The molecule has 5 nitrogen and oxygen atoms in total. The summed E-state index contributed by atoms with van der Waals surface area (Å²) in [5, 5.41) is 18.6. The zero-order chi connectivity index (χ0) is 8.55. The van der Waals surface area contributed by atoms with Gasteiger partial charge in [-0.1, -0.05) is 11.6 Å². The molecule has 0 atom stereocenters. The molecule has 0 fully saturated rings. The largest absolute Gasteiger partial charge is 0.308 e. The van der Waals surface area contributed by atoms with Crippen molar-refractivity contribution >= 4 is 23.3 Å². The van der Waals surface area contributed by atoms with E-state index in [-0.39, 0.29) is 0 Å². The normalized spacial score (nSPS) is 10.4. The third-order valence-electron chi connectivity index (χ3n) is 1.47. The van der Waals surface area contributed by atoms with Crippen LogP contribution in [-0.2, 0) is 0 Å². The molecule has 1 N–H and O–H groups in total. The Balaban J connectivity index is 2.86. The van der Waals surface area contributed by atoms with E-state index in [0.29, 0.717) is 16.1 Å². The zero-order valence-corrected chi connectivity index (χ0v) is 6.65. The molecule has 2 aromatic rings. The van der Waals surface area contributed by atoms with Crippen molar-refractivity contribution in [1.29, 1.82) is 5.41 Å². The maximum atomic E-state index is 7.01. The van der Waals surface area contributed by atoms with Gasteiger partial charge in [-0.2, -0.15) is 5.10 Å². The van der Waals surface area contributed by atoms with Gasteiger partial charge in [-0.3, -0.25) is 0 Å². The molecule has 0 unspecified atom stereocenters. The standard InChI is InChI=1S/C6H4ClN5/c7-6-4(1-8)2-10-12-5(6)3-9-11-12/h1-3,8H. The average molecular weight is 182 g/mol. The Labute approximate surface area is 72.5 Å². The van der Waals surface area contributed by atoms with Gasteiger partial charge in [0.05, 0.1) is 17.4 Å². The number of hydrogen-bond donors (Lipinski definition) is 1. The predicted molar refractivity (Wildman–Crippen MR) is 43.7 cm³/mol. The van der Waals surface area contributed by atoms with Crippen LogP contribution in [0.25, 0.3) is 5.52 Å². The van der Waals surface area contributed by atoms with Gasteiger partial charge in [0.25, 0.3) is 0 Å². The number of halogens is 1. The van der Waals surface area contributed by atoms with Crippen molar-refractivity contribution < 1.29 is 0 Å². The van der Waals surface area contributed by atoms with Gasteiger partial charge in [0.1, 0.15) is 5.52 Å². The first-order chi connectivity index (χ1) is 5.83. The molecule has 0 aliphatic carbocycles. The minimum Gasteiger partial charge on any atom is -0.308 e. The number of nitrogens with one attached hydrogen (secondary N) is 1. The second-order valence-corrected chi connectivity index (χ2v) is 2.54. The molecule has 2 aromatic heterocycles. The lowest BCUT2D eigenvalue weighted by atomic mass is 10.3. The lowest BCUT2D eigenvalue weighted by Gasteiger charge is -1.96. The molecule has 0 radical (unpaired) electrons. The van der Waals surface area contributed by atoms with Crippen molar-refractivity contribution in [1.82, 2.24) is 20.0 Å². The molecule has 0 saturated heterocycles. The second kappa shape index (κ2) is 2.53. The van der Waals surface area contributed by atoms with E-state index in [1.165, 1.54) is 17.0 Å². The quantitative estimate of drug-likeness (QED) is 0.661. The number of nitrogens with zero attached hydrogens (tertiary/aromatic N) is 4. The lowest BCUT2D eigenvalue weighted by Crippen LogP contribution is -1.96. The van der Waals surface area contributed by atoms with Crippen LogP contribution in [-0.4, -0.2) is 26.3 Å². The molecule has 0 spiro atoms. The summed E-state index contributed by atoms with van der Waals surface area (Å²) in [7, 11) is 0. The van der Waals surface area contributed by atoms with Crippen LogP contribution in [0.4, 0.5) is 0 Å². The van der Waals surface area contributed by atoms with E-state index >= 15 is 0 Å². The van der Waals surface area contributed by atoms with Crippen LogP contribution in [0.3, 0.4) is 0 Å². The van der Waals surface area contributed by atoms with E-state index < -0.39 is 0 Å². The number of rotatable bonds is 1. The molecule has 12 heavy (non-hydrogen) atoms. The Kier molecular flexibility index (Phi) is 1.51. The molecule has 60 valence electrons. The fourth-order valence-electron chi connectivity index (χ4n) is 0.881. The van der Waals surface area contributed by atoms with E-state index in [4.69, 9.17) is 17.0 Å². The van der Waals surface area contributed by atoms with Gasteiger partial charge in [0.2, 0.25) is 0 Å². The first-order valence-electron chi connectivity index (χ1n) is 3.18. The third kappa shape index (κ3) is 0.868. The van der Waals surface area contributed by atoms with Crippen LogP contribution in [0.15, 0.2) is 12.4 Å². The Hall–Kier alpha value is -1.49. The van der Waals surface area contributed by atoms with Gasteiger partial charge in [-0.05, 0) is 5.21 Å². The summed E-state index contributed by atoms with van der Waals surface area (Å²) >= 11 is 5.89. The van der Waals surface area contributed by atoms with Crippen molar-refractivity contribution in [2.45, 2.75) is 0 Å². The Bertz CT molecular complexity index is 434. The minimum atomic E-state index is 0.449. The zero-order valence-electron chi connectivity index (χ0n) is 5.90. The summed E-state index contributed by atoms with van der Waals surface area (Å²) < 4.78 is 1.31. The molecule has 0 bridgehead atoms.